The quantitative estimate of drug-likeness (QED) is 0.478. The van der Waals surface area contributed by atoms with E-state index < -0.39 is 0 Å². The van der Waals surface area contributed by atoms with E-state index in [-0.39, 0.29) is 5.91 Å². The van der Waals surface area contributed by atoms with Crippen LogP contribution < -0.4 is 4.90 Å². The first kappa shape index (κ1) is 20.9. The number of hydrogen-bond donors (Lipinski definition) is 0. The number of nitrogens with zero attached hydrogens (tertiary/aromatic N) is 3. The first-order chi connectivity index (χ1) is 14.0. The third kappa shape index (κ3) is 4.88. The van der Waals surface area contributed by atoms with Gasteiger partial charge in [0.15, 0.2) is 5.13 Å². The highest BCUT2D eigenvalue weighted by Crippen LogP contribution is 2.33. The van der Waals surface area contributed by atoms with Crippen molar-refractivity contribution in [3.8, 4) is 0 Å². The Morgan fingerprint density at radius 1 is 1.24 bits per heavy atom. The predicted molar refractivity (Wildman–Crippen MR) is 125 cm³/mol. The summed E-state index contributed by atoms with van der Waals surface area (Å²) < 4.78 is 7.53. The fourth-order valence-corrected chi connectivity index (χ4v) is 6.10. The van der Waals surface area contributed by atoms with Crippen LogP contribution in [0.25, 0.3) is 10.2 Å². The van der Waals surface area contributed by atoms with Gasteiger partial charge in [0.05, 0.1) is 32.1 Å². The second kappa shape index (κ2) is 9.22. The van der Waals surface area contributed by atoms with E-state index in [9.17, 15) is 4.79 Å². The van der Waals surface area contributed by atoms with Crippen molar-refractivity contribution >= 4 is 59.9 Å². The van der Waals surface area contributed by atoms with Gasteiger partial charge in [0.2, 0.25) is 0 Å². The van der Waals surface area contributed by atoms with Crippen LogP contribution in [0.1, 0.15) is 27.2 Å². The van der Waals surface area contributed by atoms with E-state index in [4.69, 9.17) is 9.72 Å². The van der Waals surface area contributed by atoms with Gasteiger partial charge in [0, 0.05) is 26.2 Å². The number of ether oxygens (including phenoxy) is 1. The molecule has 1 aliphatic rings. The molecule has 1 aromatic carbocycles. The Bertz CT molecular complexity index is 1010. The second-order valence-electron chi connectivity index (χ2n) is 7.29. The maximum Gasteiger partial charge on any atom is 0.270 e. The van der Waals surface area contributed by atoms with Crippen molar-refractivity contribution in [2.45, 2.75) is 20.3 Å². The number of halogens is 1. The third-order valence-corrected chi connectivity index (χ3v) is 7.68. The minimum atomic E-state index is 0.0242. The molecule has 3 aromatic rings. The summed E-state index contributed by atoms with van der Waals surface area (Å²) in [6.07, 6.45) is 0.909. The number of amides is 1. The van der Waals surface area contributed by atoms with Crippen LogP contribution in [0.5, 0.6) is 0 Å². The number of thiophene rings is 1. The van der Waals surface area contributed by atoms with Crippen molar-refractivity contribution in [2.24, 2.45) is 0 Å². The molecule has 0 unspecified atom stereocenters. The molecule has 0 saturated carbocycles. The molecule has 1 saturated heterocycles. The summed E-state index contributed by atoms with van der Waals surface area (Å²) in [5.41, 5.74) is 3.37. The predicted octanol–water partition coefficient (Wildman–Crippen LogP) is 5.11. The van der Waals surface area contributed by atoms with Gasteiger partial charge in [-0.2, -0.15) is 0 Å². The molecule has 0 atom stereocenters. The molecule has 5 nitrogen and oxygen atoms in total. The summed E-state index contributed by atoms with van der Waals surface area (Å²) in [6.45, 7) is 9.31. The maximum atomic E-state index is 13.3. The van der Waals surface area contributed by atoms with Gasteiger partial charge in [-0.05, 0) is 65.5 Å². The molecule has 4 rings (SSSR count). The third-order valence-electron chi connectivity index (χ3n) is 5.04. The summed E-state index contributed by atoms with van der Waals surface area (Å²) in [4.78, 5) is 23.2. The molecule has 1 fully saturated rings. The van der Waals surface area contributed by atoms with Crippen molar-refractivity contribution in [1.82, 2.24) is 9.88 Å². The number of aromatic nitrogens is 1. The Balaban J connectivity index is 1.58. The zero-order valence-corrected chi connectivity index (χ0v) is 19.8. The van der Waals surface area contributed by atoms with E-state index in [0.717, 1.165) is 68.8 Å². The highest BCUT2D eigenvalue weighted by Gasteiger charge is 2.23. The van der Waals surface area contributed by atoms with Gasteiger partial charge in [-0.15, -0.1) is 11.3 Å². The molecule has 0 N–H and O–H groups in total. The number of carbonyl (C=O) groups is 1. The first-order valence-electron chi connectivity index (χ1n) is 9.76. The van der Waals surface area contributed by atoms with Gasteiger partial charge in [0.1, 0.15) is 0 Å². The van der Waals surface area contributed by atoms with Crippen LogP contribution >= 0.6 is 38.6 Å². The highest BCUT2D eigenvalue weighted by atomic mass is 79.9. The Hall–Kier alpha value is -1.32. The summed E-state index contributed by atoms with van der Waals surface area (Å²) >= 11 is 6.54. The SMILES string of the molecule is Cc1cc(C)c2nc(N(CCCN3CCOCC3)C(=O)c3ccc(Br)s3)sc2c1. The molecule has 29 heavy (non-hydrogen) atoms. The summed E-state index contributed by atoms with van der Waals surface area (Å²) in [7, 11) is 0. The highest BCUT2D eigenvalue weighted by molar-refractivity contribution is 9.11. The zero-order valence-electron chi connectivity index (χ0n) is 16.6. The first-order valence-corrected chi connectivity index (χ1v) is 12.2. The molecule has 2 aromatic heterocycles. The summed E-state index contributed by atoms with van der Waals surface area (Å²) in [5, 5.41) is 0.783. The van der Waals surface area contributed by atoms with Gasteiger partial charge in [-0.3, -0.25) is 14.6 Å². The number of fused-ring (bicyclic) bond motifs is 1. The standard InChI is InChI=1S/C21H24BrN3O2S2/c1-14-12-15(2)19-17(13-14)29-21(23-19)25(20(26)16-4-5-18(22)28-16)7-3-6-24-8-10-27-11-9-24/h4-5,12-13H,3,6-11H2,1-2H3. The van der Waals surface area contributed by atoms with E-state index in [2.05, 4.69) is 46.8 Å². The number of thiazole rings is 1. The fraction of sp³-hybridized carbons (Fsp3) is 0.429. The fourth-order valence-electron chi connectivity index (χ4n) is 3.60. The van der Waals surface area contributed by atoms with Crippen LogP contribution in [-0.4, -0.2) is 55.2 Å². The lowest BCUT2D eigenvalue weighted by atomic mass is 10.1. The van der Waals surface area contributed by atoms with Gasteiger partial charge in [-0.1, -0.05) is 17.4 Å². The van der Waals surface area contributed by atoms with E-state index >= 15 is 0 Å². The Labute approximate surface area is 187 Å². The molecule has 154 valence electrons. The van der Waals surface area contributed by atoms with Gasteiger partial charge >= 0.3 is 0 Å². The van der Waals surface area contributed by atoms with Crippen LogP contribution in [0.15, 0.2) is 28.1 Å². The molecule has 0 radical (unpaired) electrons. The summed E-state index contributed by atoms with van der Waals surface area (Å²) in [6, 6.07) is 8.11. The largest absolute Gasteiger partial charge is 0.379 e. The normalized spacial score (nSPS) is 15.1. The molecule has 0 aliphatic carbocycles. The minimum Gasteiger partial charge on any atom is -0.379 e. The van der Waals surface area contributed by atoms with Crippen LogP contribution in [0.3, 0.4) is 0 Å². The number of rotatable bonds is 6. The van der Waals surface area contributed by atoms with Crippen LogP contribution in [-0.2, 0) is 4.74 Å². The lowest BCUT2D eigenvalue weighted by molar-refractivity contribution is 0.0376. The van der Waals surface area contributed by atoms with Crippen LogP contribution in [0.4, 0.5) is 5.13 Å². The average molecular weight is 494 g/mol. The molecule has 3 heterocycles. The molecule has 1 aliphatic heterocycles. The molecule has 1 amide bonds. The second-order valence-corrected chi connectivity index (χ2v) is 10.8. The van der Waals surface area contributed by atoms with E-state index in [1.54, 1.807) is 11.3 Å². The Morgan fingerprint density at radius 3 is 2.76 bits per heavy atom. The number of anilines is 1. The lowest BCUT2D eigenvalue weighted by Crippen LogP contribution is -2.39. The van der Waals surface area contributed by atoms with Crippen LogP contribution in [0, 0.1) is 13.8 Å². The van der Waals surface area contributed by atoms with Gasteiger partial charge in [-0.25, -0.2) is 4.98 Å². The molecular weight excluding hydrogens is 470 g/mol. The number of aryl methyl sites for hydroxylation is 2. The number of benzene rings is 1. The maximum absolute atomic E-state index is 13.3. The van der Waals surface area contributed by atoms with Crippen molar-refractivity contribution in [3.05, 3.63) is 44.1 Å². The van der Waals surface area contributed by atoms with Gasteiger partial charge < -0.3 is 4.74 Å². The van der Waals surface area contributed by atoms with Crippen molar-refractivity contribution in [3.63, 3.8) is 0 Å². The monoisotopic (exact) mass is 493 g/mol. The smallest absolute Gasteiger partial charge is 0.270 e. The summed E-state index contributed by atoms with van der Waals surface area (Å²) in [5.74, 6) is 0.0242. The van der Waals surface area contributed by atoms with Gasteiger partial charge in [0.25, 0.3) is 5.91 Å². The number of carbonyl (C=O) groups excluding carboxylic acids is 1. The van der Waals surface area contributed by atoms with E-state index in [0.29, 0.717) is 6.54 Å². The molecule has 8 heteroatoms. The number of morpholine rings is 1. The molecular formula is C21H24BrN3O2S2. The Morgan fingerprint density at radius 2 is 2.03 bits per heavy atom. The molecule has 0 bridgehead atoms. The number of hydrogen-bond acceptors (Lipinski definition) is 6. The minimum absolute atomic E-state index is 0.0242. The lowest BCUT2D eigenvalue weighted by Gasteiger charge is -2.27. The van der Waals surface area contributed by atoms with Crippen molar-refractivity contribution in [2.75, 3.05) is 44.3 Å². The van der Waals surface area contributed by atoms with Crippen molar-refractivity contribution < 1.29 is 9.53 Å². The Kier molecular flexibility index (Phi) is 6.66. The van der Waals surface area contributed by atoms with Crippen molar-refractivity contribution in [1.29, 1.82) is 0 Å². The zero-order chi connectivity index (χ0) is 20.4. The topological polar surface area (TPSA) is 45.7 Å². The van der Waals surface area contributed by atoms with E-state index in [1.165, 1.54) is 16.9 Å². The molecule has 0 spiro atoms. The average Bonchev–Trinajstić information content (AvgIpc) is 3.32. The van der Waals surface area contributed by atoms with E-state index in [1.807, 2.05) is 17.0 Å². The van der Waals surface area contributed by atoms with Crippen LogP contribution in [0.2, 0.25) is 0 Å².